The number of ketones is 1. The van der Waals surface area contributed by atoms with E-state index >= 15 is 0 Å². The van der Waals surface area contributed by atoms with Gasteiger partial charge in [-0.15, -0.1) is 0 Å². The number of rotatable bonds is 4. The zero-order valence-corrected chi connectivity index (χ0v) is 25.8. The third-order valence-corrected chi connectivity index (χ3v) is 14.0. The fraction of sp³-hybridized carbons (Fsp3) is 0.879. The largest absolute Gasteiger partial charge is 0.462 e. The van der Waals surface area contributed by atoms with Gasteiger partial charge in [0.2, 0.25) is 0 Å². The first-order valence-electron chi connectivity index (χ1n) is 15.6. The van der Waals surface area contributed by atoms with Gasteiger partial charge in [0.15, 0.2) is 5.78 Å². The summed E-state index contributed by atoms with van der Waals surface area (Å²) in [6, 6.07) is 0. The van der Waals surface area contributed by atoms with Crippen molar-refractivity contribution in [3.8, 4) is 0 Å². The van der Waals surface area contributed by atoms with Crippen molar-refractivity contribution in [2.24, 2.45) is 56.3 Å². The molecular weight excluding hydrogens is 488 g/mol. The van der Waals surface area contributed by atoms with Gasteiger partial charge in [0.05, 0.1) is 6.10 Å². The van der Waals surface area contributed by atoms with Crippen LogP contribution in [0.1, 0.15) is 113 Å². The molecule has 0 radical (unpaired) electrons. The Balaban J connectivity index is 1.61. The van der Waals surface area contributed by atoms with Gasteiger partial charge in [0, 0.05) is 36.3 Å². The van der Waals surface area contributed by atoms with E-state index in [0.717, 1.165) is 56.9 Å². The summed E-state index contributed by atoms with van der Waals surface area (Å²) in [5.41, 5.74) is 14.8. The van der Waals surface area contributed by atoms with Gasteiger partial charge in [-0.1, -0.05) is 54.0 Å². The van der Waals surface area contributed by atoms with Crippen molar-refractivity contribution in [2.75, 3.05) is 6.54 Å². The van der Waals surface area contributed by atoms with Gasteiger partial charge < -0.3 is 21.3 Å². The molecule has 5 N–H and O–H groups in total. The average molecular weight is 543 g/mol. The minimum absolute atomic E-state index is 0.0794. The average Bonchev–Trinajstić information content (AvgIpc) is 3.15. The number of nitrogens with two attached hydrogens (primary N) is 2. The van der Waals surface area contributed by atoms with Crippen LogP contribution in [0.3, 0.4) is 0 Å². The Bertz CT molecular complexity index is 1100. The molecule has 0 saturated heterocycles. The molecule has 0 aromatic carbocycles. The minimum Gasteiger partial charge on any atom is -0.462 e. The number of carbonyl (C=O) groups is 2. The van der Waals surface area contributed by atoms with Crippen molar-refractivity contribution >= 4 is 11.8 Å². The first kappa shape index (κ1) is 29.3. The van der Waals surface area contributed by atoms with Crippen LogP contribution >= 0.6 is 0 Å². The molecule has 39 heavy (non-hydrogen) atoms. The predicted molar refractivity (Wildman–Crippen MR) is 153 cm³/mol. The number of aliphatic hydroxyl groups is 1. The van der Waals surface area contributed by atoms with Crippen LogP contribution in [0.2, 0.25) is 0 Å². The first-order valence-corrected chi connectivity index (χ1v) is 15.6. The number of esters is 1. The zero-order chi connectivity index (χ0) is 29.0. The maximum absolute atomic E-state index is 13.6. The molecule has 4 saturated carbocycles. The van der Waals surface area contributed by atoms with Crippen LogP contribution in [-0.4, -0.2) is 41.2 Å². The number of ether oxygens (including phenoxy) is 1. The molecule has 9 atom stereocenters. The van der Waals surface area contributed by atoms with Crippen molar-refractivity contribution in [3.05, 3.63) is 11.1 Å². The van der Waals surface area contributed by atoms with Crippen molar-refractivity contribution in [2.45, 2.75) is 131 Å². The lowest BCUT2D eigenvalue weighted by Crippen LogP contribution is -2.78. The molecule has 1 unspecified atom stereocenters. The molecule has 6 nitrogen and oxygen atoms in total. The second kappa shape index (κ2) is 8.88. The van der Waals surface area contributed by atoms with E-state index < -0.39 is 11.5 Å². The first-order chi connectivity index (χ1) is 18.0. The summed E-state index contributed by atoms with van der Waals surface area (Å²) in [5, 5.41) is 11.4. The lowest BCUT2D eigenvalue weighted by Gasteiger charge is -2.76. The van der Waals surface area contributed by atoms with Crippen LogP contribution in [0.5, 0.6) is 0 Å². The van der Waals surface area contributed by atoms with Gasteiger partial charge in [-0.2, -0.15) is 0 Å². The van der Waals surface area contributed by atoms with Crippen LogP contribution in [0.4, 0.5) is 0 Å². The monoisotopic (exact) mass is 542 g/mol. The minimum atomic E-state index is -0.694. The molecule has 0 aliphatic heterocycles. The van der Waals surface area contributed by atoms with Gasteiger partial charge in [-0.25, -0.2) is 0 Å². The Labute approximate surface area is 236 Å². The highest BCUT2D eigenvalue weighted by molar-refractivity contribution is 6.00. The number of Topliss-reactive ketones (excluding diaryl/α,β-unsaturated/α-hetero) is 1. The van der Waals surface area contributed by atoms with Gasteiger partial charge in [0.1, 0.15) is 6.10 Å². The Morgan fingerprint density at radius 1 is 1.00 bits per heavy atom. The van der Waals surface area contributed by atoms with E-state index in [1.807, 2.05) is 0 Å². The Hall–Kier alpha value is -1.24. The van der Waals surface area contributed by atoms with E-state index in [9.17, 15) is 14.7 Å². The van der Waals surface area contributed by atoms with Crippen LogP contribution in [0.25, 0.3) is 0 Å². The highest BCUT2D eigenvalue weighted by atomic mass is 16.5. The Morgan fingerprint density at radius 3 is 2.26 bits per heavy atom. The maximum atomic E-state index is 13.6. The molecule has 5 rings (SSSR count). The van der Waals surface area contributed by atoms with Crippen LogP contribution in [0, 0.1) is 44.8 Å². The van der Waals surface area contributed by atoms with Gasteiger partial charge in [-0.3, -0.25) is 9.59 Å². The van der Waals surface area contributed by atoms with E-state index in [4.69, 9.17) is 16.2 Å². The Kier molecular flexibility index (Phi) is 6.66. The lowest BCUT2D eigenvalue weighted by atomic mass is 9.30. The Morgan fingerprint density at radius 2 is 1.67 bits per heavy atom. The molecule has 5 aliphatic rings. The summed E-state index contributed by atoms with van der Waals surface area (Å²) in [6.07, 6.45) is 7.11. The number of aliphatic hydroxyl groups excluding tert-OH is 1. The molecule has 220 valence electrons. The second-order valence-electron chi connectivity index (χ2n) is 15.8. The van der Waals surface area contributed by atoms with Crippen molar-refractivity contribution in [1.29, 1.82) is 0 Å². The number of fused-ring (bicyclic) bond motifs is 7. The zero-order valence-electron chi connectivity index (χ0n) is 25.8. The lowest BCUT2D eigenvalue weighted by molar-refractivity contribution is -0.244. The summed E-state index contributed by atoms with van der Waals surface area (Å²) in [4.78, 5) is 25.5. The van der Waals surface area contributed by atoms with E-state index in [1.165, 1.54) is 12.5 Å². The summed E-state index contributed by atoms with van der Waals surface area (Å²) in [7, 11) is 0. The fourth-order valence-corrected chi connectivity index (χ4v) is 11.7. The van der Waals surface area contributed by atoms with E-state index in [1.54, 1.807) is 0 Å². The predicted octanol–water partition coefficient (Wildman–Crippen LogP) is 5.30. The fourth-order valence-electron chi connectivity index (χ4n) is 11.7. The molecule has 5 aliphatic carbocycles. The van der Waals surface area contributed by atoms with Crippen molar-refractivity contribution in [3.63, 3.8) is 0 Å². The van der Waals surface area contributed by atoms with Gasteiger partial charge in [0.25, 0.3) is 0 Å². The standard InChI is InChI=1S/C33H54N2O4/c1-19(2)26-22(37)17-32(24(38)18-34)16-15-29(6)21(27(26)32)9-14-33(35)30(7)12-11-25(39-20(3)36)28(4,5)23(30)10-13-31(29,33)8/h19,21,23-25,38H,9-18,34-35H2,1-8H3/t21-,23+,24?,25+,29-,30+,31+,32+,33+/m1/s1. The second-order valence-corrected chi connectivity index (χ2v) is 15.8. The normalized spacial score (nSPS) is 47.7. The summed E-state index contributed by atoms with van der Waals surface area (Å²) < 4.78 is 5.88. The maximum Gasteiger partial charge on any atom is 0.302 e. The van der Waals surface area contributed by atoms with Crippen molar-refractivity contribution in [1.82, 2.24) is 0 Å². The van der Waals surface area contributed by atoms with Crippen LogP contribution < -0.4 is 11.5 Å². The number of allylic oxidation sites excluding steroid dienone is 1. The summed E-state index contributed by atoms with van der Waals surface area (Å²) >= 11 is 0. The molecule has 0 amide bonds. The molecule has 0 heterocycles. The quantitative estimate of drug-likeness (QED) is 0.415. The topological polar surface area (TPSA) is 116 Å². The molecule has 0 aromatic heterocycles. The van der Waals surface area contributed by atoms with Gasteiger partial charge in [-0.05, 0) is 90.9 Å². The van der Waals surface area contributed by atoms with E-state index in [0.29, 0.717) is 12.3 Å². The highest BCUT2D eigenvalue weighted by Gasteiger charge is 2.75. The number of carbonyl (C=O) groups excluding carboxylic acids is 2. The van der Waals surface area contributed by atoms with Crippen molar-refractivity contribution < 1.29 is 19.4 Å². The number of hydrogen-bond acceptors (Lipinski definition) is 6. The third-order valence-electron chi connectivity index (χ3n) is 14.0. The highest BCUT2D eigenvalue weighted by Crippen LogP contribution is 2.77. The third kappa shape index (κ3) is 3.43. The van der Waals surface area contributed by atoms with Crippen LogP contribution in [-0.2, 0) is 14.3 Å². The molecule has 4 fully saturated rings. The van der Waals surface area contributed by atoms with E-state index in [-0.39, 0.29) is 63.4 Å². The van der Waals surface area contributed by atoms with Gasteiger partial charge >= 0.3 is 5.97 Å². The smallest absolute Gasteiger partial charge is 0.302 e. The van der Waals surface area contributed by atoms with E-state index in [2.05, 4.69) is 48.5 Å². The van der Waals surface area contributed by atoms with Crippen LogP contribution in [0.15, 0.2) is 11.1 Å². The molecule has 6 heteroatoms. The molecule has 0 bridgehead atoms. The summed E-state index contributed by atoms with van der Waals surface area (Å²) in [6.45, 7) is 17.9. The molecule has 0 spiro atoms. The summed E-state index contributed by atoms with van der Waals surface area (Å²) in [5.74, 6) is 0.737. The molecule has 0 aromatic rings. The number of hydrogen-bond donors (Lipinski definition) is 3. The molecular formula is C33H54N2O4. The SMILES string of the molecule is CC(=O)O[C@H]1CC[C@@]2(C)[C@@H](CC[C@]3(C)[C@]2(N)CC[C@@H]2C4=C(C(C)C)C(=O)C[C@]4(C(O)CN)CC[C@]23C)C1(C)C.